The molecule has 1 aromatic heterocycles. The largest absolute Gasteiger partial charge is 0.290 e. The summed E-state index contributed by atoms with van der Waals surface area (Å²) in [6.45, 7) is 1.63. The highest BCUT2D eigenvalue weighted by Crippen LogP contribution is 2.16. The minimum absolute atomic E-state index is 0.00870. The summed E-state index contributed by atoms with van der Waals surface area (Å²) in [6.07, 6.45) is 1.20. The first-order valence-electron chi connectivity index (χ1n) is 3.16. The number of nitrogens with zero attached hydrogens (tertiary/aromatic N) is 3. The molecule has 0 fully saturated rings. The molecule has 0 bridgehead atoms. The highest BCUT2D eigenvalue weighted by Gasteiger charge is 2.13. The van der Waals surface area contributed by atoms with E-state index >= 15 is 0 Å². The third-order valence-corrected chi connectivity index (χ3v) is 1.34. The zero-order chi connectivity index (χ0) is 9.14. The van der Waals surface area contributed by atoms with Crippen molar-refractivity contribution in [1.29, 1.82) is 5.26 Å². The Labute approximate surface area is 68.4 Å². The van der Waals surface area contributed by atoms with Gasteiger partial charge in [-0.2, -0.15) is 5.26 Å². The Morgan fingerprint density at radius 3 is 2.92 bits per heavy atom. The van der Waals surface area contributed by atoms with Crippen molar-refractivity contribution >= 4 is 5.69 Å². The number of nitriles is 1. The lowest BCUT2D eigenvalue weighted by Gasteiger charge is -1.94. The van der Waals surface area contributed by atoms with Gasteiger partial charge in [0.25, 0.3) is 5.69 Å². The third-order valence-electron chi connectivity index (χ3n) is 1.34. The van der Waals surface area contributed by atoms with Gasteiger partial charge in [-0.25, -0.2) is 0 Å². The molecule has 0 aromatic carbocycles. The minimum Gasteiger partial charge on any atom is -0.260 e. The SMILES string of the molecule is Cc1cc([N+](=O)[O-])c(C#N)cn1. The van der Waals surface area contributed by atoms with Crippen molar-refractivity contribution in [2.24, 2.45) is 0 Å². The molecule has 0 N–H and O–H groups in total. The summed E-state index contributed by atoms with van der Waals surface area (Å²) in [6, 6.07) is 2.98. The summed E-state index contributed by atoms with van der Waals surface area (Å²) in [5, 5.41) is 18.8. The first-order valence-corrected chi connectivity index (χ1v) is 3.16. The summed E-state index contributed by atoms with van der Waals surface area (Å²) in [5.74, 6) is 0. The second-order valence-corrected chi connectivity index (χ2v) is 2.21. The first kappa shape index (κ1) is 8.14. The van der Waals surface area contributed by atoms with Crippen LogP contribution >= 0.6 is 0 Å². The Morgan fingerprint density at radius 2 is 2.42 bits per heavy atom. The second-order valence-electron chi connectivity index (χ2n) is 2.21. The fourth-order valence-corrected chi connectivity index (χ4v) is 0.783. The molecule has 1 aromatic rings. The molecular weight excluding hydrogens is 158 g/mol. The van der Waals surface area contributed by atoms with Gasteiger partial charge in [-0.1, -0.05) is 0 Å². The first-order chi connectivity index (χ1) is 5.65. The molecular formula is C7H5N3O2. The van der Waals surface area contributed by atoms with Crippen molar-refractivity contribution in [3.63, 3.8) is 0 Å². The van der Waals surface area contributed by atoms with E-state index < -0.39 is 4.92 Å². The molecule has 0 aliphatic heterocycles. The van der Waals surface area contributed by atoms with Gasteiger partial charge in [0.2, 0.25) is 0 Å². The van der Waals surface area contributed by atoms with Crippen LogP contribution < -0.4 is 0 Å². The van der Waals surface area contributed by atoms with Gasteiger partial charge in [0.1, 0.15) is 11.6 Å². The molecule has 0 amide bonds. The molecule has 0 atom stereocenters. The Kier molecular flexibility index (Phi) is 2.01. The molecule has 0 unspecified atom stereocenters. The maximum atomic E-state index is 10.4. The van der Waals surface area contributed by atoms with Crippen molar-refractivity contribution in [3.8, 4) is 6.07 Å². The molecule has 1 heterocycles. The fourth-order valence-electron chi connectivity index (χ4n) is 0.783. The number of pyridine rings is 1. The molecule has 5 heteroatoms. The Bertz CT molecular complexity index is 367. The van der Waals surface area contributed by atoms with Crippen LogP contribution in [0, 0.1) is 28.4 Å². The van der Waals surface area contributed by atoms with Crippen LogP contribution in [0.2, 0.25) is 0 Å². The minimum atomic E-state index is -0.590. The van der Waals surface area contributed by atoms with Crippen molar-refractivity contribution in [1.82, 2.24) is 4.98 Å². The van der Waals surface area contributed by atoms with Crippen LogP contribution in [0.1, 0.15) is 11.3 Å². The smallest absolute Gasteiger partial charge is 0.260 e. The van der Waals surface area contributed by atoms with Crippen LogP contribution in [0.15, 0.2) is 12.3 Å². The van der Waals surface area contributed by atoms with Gasteiger partial charge in [-0.3, -0.25) is 15.1 Å². The lowest BCUT2D eigenvalue weighted by Crippen LogP contribution is -1.94. The molecule has 0 saturated carbocycles. The lowest BCUT2D eigenvalue weighted by atomic mass is 10.2. The molecule has 1 rings (SSSR count). The Morgan fingerprint density at radius 1 is 1.75 bits per heavy atom. The predicted molar refractivity (Wildman–Crippen MR) is 40.3 cm³/mol. The van der Waals surface area contributed by atoms with E-state index in [-0.39, 0.29) is 11.3 Å². The number of aromatic nitrogens is 1. The summed E-state index contributed by atoms with van der Waals surface area (Å²) in [5.41, 5.74) is 0.330. The van der Waals surface area contributed by atoms with Crippen LogP contribution in [0.4, 0.5) is 5.69 Å². The van der Waals surface area contributed by atoms with Crippen LogP contribution in [0.25, 0.3) is 0 Å². The van der Waals surface area contributed by atoms with E-state index in [0.717, 1.165) is 0 Å². The quantitative estimate of drug-likeness (QED) is 0.459. The van der Waals surface area contributed by atoms with Crippen molar-refractivity contribution in [3.05, 3.63) is 33.6 Å². The topological polar surface area (TPSA) is 79.8 Å². The van der Waals surface area contributed by atoms with Crippen molar-refractivity contribution in [2.45, 2.75) is 6.92 Å². The van der Waals surface area contributed by atoms with E-state index in [1.54, 1.807) is 13.0 Å². The number of aryl methyl sites for hydroxylation is 1. The number of nitro groups is 1. The maximum absolute atomic E-state index is 10.4. The van der Waals surface area contributed by atoms with Crippen LogP contribution in [-0.4, -0.2) is 9.91 Å². The molecule has 60 valence electrons. The maximum Gasteiger partial charge on any atom is 0.290 e. The molecule has 0 spiro atoms. The van der Waals surface area contributed by atoms with E-state index in [0.29, 0.717) is 5.69 Å². The Hall–Kier alpha value is -1.96. The molecule has 12 heavy (non-hydrogen) atoms. The summed E-state index contributed by atoms with van der Waals surface area (Å²) in [7, 11) is 0. The van der Waals surface area contributed by atoms with E-state index in [4.69, 9.17) is 5.26 Å². The highest BCUT2D eigenvalue weighted by atomic mass is 16.6. The summed E-state index contributed by atoms with van der Waals surface area (Å²) >= 11 is 0. The molecule has 0 radical (unpaired) electrons. The number of hydrogen-bond donors (Lipinski definition) is 0. The Balaban J connectivity index is 3.34. The monoisotopic (exact) mass is 163 g/mol. The van der Waals surface area contributed by atoms with Crippen molar-refractivity contribution in [2.75, 3.05) is 0 Å². The van der Waals surface area contributed by atoms with Crippen LogP contribution in [0.3, 0.4) is 0 Å². The lowest BCUT2D eigenvalue weighted by molar-refractivity contribution is -0.385. The predicted octanol–water partition coefficient (Wildman–Crippen LogP) is 1.17. The second kappa shape index (κ2) is 2.96. The number of hydrogen-bond acceptors (Lipinski definition) is 4. The zero-order valence-corrected chi connectivity index (χ0v) is 6.31. The van der Waals surface area contributed by atoms with Crippen molar-refractivity contribution < 1.29 is 4.92 Å². The molecule has 0 saturated heterocycles. The average Bonchev–Trinajstić information content (AvgIpc) is 2.04. The van der Waals surface area contributed by atoms with Gasteiger partial charge in [0.05, 0.1) is 11.1 Å². The molecule has 0 aliphatic rings. The van der Waals surface area contributed by atoms with E-state index in [1.165, 1.54) is 12.3 Å². The summed E-state index contributed by atoms with van der Waals surface area (Å²) < 4.78 is 0. The molecule has 5 nitrogen and oxygen atoms in total. The number of rotatable bonds is 1. The summed E-state index contributed by atoms with van der Waals surface area (Å²) in [4.78, 5) is 13.5. The van der Waals surface area contributed by atoms with Gasteiger partial charge in [-0.05, 0) is 6.92 Å². The van der Waals surface area contributed by atoms with Gasteiger partial charge in [0.15, 0.2) is 0 Å². The molecule has 0 aliphatic carbocycles. The van der Waals surface area contributed by atoms with Gasteiger partial charge in [-0.15, -0.1) is 0 Å². The highest BCUT2D eigenvalue weighted by molar-refractivity contribution is 5.47. The zero-order valence-electron chi connectivity index (χ0n) is 6.31. The van der Waals surface area contributed by atoms with Crippen LogP contribution in [0.5, 0.6) is 0 Å². The van der Waals surface area contributed by atoms with Gasteiger partial charge < -0.3 is 0 Å². The van der Waals surface area contributed by atoms with Gasteiger partial charge >= 0.3 is 0 Å². The average molecular weight is 163 g/mol. The van der Waals surface area contributed by atoms with Crippen LogP contribution in [-0.2, 0) is 0 Å². The third kappa shape index (κ3) is 1.37. The fraction of sp³-hybridized carbons (Fsp3) is 0.143. The van der Waals surface area contributed by atoms with E-state index in [9.17, 15) is 10.1 Å². The normalized spacial score (nSPS) is 9.00. The standard InChI is InChI=1S/C7H5N3O2/c1-5-2-7(10(11)12)6(3-8)4-9-5/h2,4H,1H3. The van der Waals surface area contributed by atoms with E-state index in [2.05, 4.69) is 4.98 Å². The van der Waals surface area contributed by atoms with Gasteiger partial charge in [0, 0.05) is 11.8 Å². The van der Waals surface area contributed by atoms with E-state index in [1.807, 2.05) is 0 Å².